The highest BCUT2D eigenvalue weighted by Crippen LogP contribution is 2.38. The van der Waals surface area contributed by atoms with Gasteiger partial charge < -0.3 is 5.32 Å². The number of hydrogen-bond donors (Lipinski definition) is 1. The summed E-state index contributed by atoms with van der Waals surface area (Å²) in [4.78, 5) is 0. The summed E-state index contributed by atoms with van der Waals surface area (Å²) in [6.45, 7) is 5.87. The van der Waals surface area contributed by atoms with Gasteiger partial charge >= 0.3 is 0 Å². The van der Waals surface area contributed by atoms with Gasteiger partial charge in [0.05, 0.1) is 0 Å². The van der Waals surface area contributed by atoms with Crippen LogP contribution in [0.1, 0.15) is 39.0 Å². The number of nitrogens with one attached hydrogen (secondary N) is 1. The molecule has 0 aromatic rings. The molecule has 0 saturated heterocycles. The van der Waals surface area contributed by atoms with Crippen LogP contribution in [0.15, 0.2) is 12.2 Å². The maximum atomic E-state index is 13.0. The standard InChI is InChI=1S/C12H21F2N/c1-9(2)8-11(15-3)10-4-6-12(13,14)7-5-10/h10-11,15H,1,4-8H2,2-3H3. The first kappa shape index (κ1) is 12.6. The van der Waals surface area contributed by atoms with Crippen LogP contribution in [0, 0.1) is 5.92 Å². The number of halogens is 2. The summed E-state index contributed by atoms with van der Waals surface area (Å²) in [5.41, 5.74) is 1.12. The van der Waals surface area contributed by atoms with Gasteiger partial charge in [0.1, 0.15) is 0 Å². The van der Waals surface area contributed by atoms with Crippen LogP contribution in [-0.4, -0.2) is 19.0 Å². The topological polar surface area (TPSA) is 12.0 Å². The van der Waals surface area contributed by atoms with Crippen molar-refractivity contribution >= 4 is 0 Å². The van der Waals surface area contributed by atoms with Crippen molar-refractivity contribution in [3.05, 3.63) is 12.2 Å². The van der Waals surface area contributed by atoms with Crippen molar-refractivity contribution in [2.45, 2.75) is 51.0 Å². The van der Waals surface area contributed by atoms with Crippen molar-refractivity contribution in [1.82, 2.24) is 5.32 Å². The normalized spacial score (nSPS) is 23.7. The minimum absolute atomic E-state index is 0.0477. The molecule has 1 unspecified atom stereocenters. The Labute approximate surface area is 90.9 Å². The van der Waals surface area contributed by atoms with E-state index in [0.717, 1.165) is 12.0 Å². The largest absolute Gasteiger partial charge is 0.316 e. The van der Waals surface area contributed by atoms with E-state index in [9.17, 15) is 8.78 Å². The van der Waals surface area contributed by atoms with Gasteiger partial charge in [0.2, 0.25) is 5.92 Å². The second-order valence-corrected chi connectivity index (χ2v) is 4.75. The Hall–Kier alpha value is -0.440. The minimum atomic E-state index is -2.42. The fourth-order valence-corrected chi connectivity index (χ4v) is 2.34. The van der Waals surface area contributed by atoms with Gasteiger partial charge in [-0.1, -0.05) is 5.57 Å². The zero-order valence-corrected chi connectivity index (χ0v) is 9.65. The van der Waals surface area contributed by atoms with Crippen LogP contribution < -0.4 is 5.32 Å². The third-order valence-electron chi connectivity index (χ3n) is 3.27. The third kappa shape index (κ3) is 3.90. The summed E-state index contributed by atoms with van der Waals surface area (Å²) < 4.78 is 25.9. The Morgan fingerprint density at radius 1 is 1.47 bits per heavy atom. The van der Waals surface area contributed by atoms with Gasteiger partial charge in [0.15, 0.2) is 0 Å². The van der Waals surface area contributed by atoms with Gasteiger partial charge in [0, 0.05) is 18.9 Å². The first-order chi connectivity index (χ1) is 6.94. The fraction of sp³-hybridized carbons (Fsp3) is 0.833. The molecule has 88 valence electrons. The number of rotatable bonds is 4. The van der Waals surface area contributed by atoms with Gasteiger partial charge in [-0.2, -0.15) is 0 Å². The van der Waals surface area contributed by atoms with E-state index in [1.54, 1.807) is 0 Å². The Bertz CT molecular complexity index is 216. The first-order valence-electron chi connectivity index (χ1n) is 5.64. The lowest BCUT2D eigenvalue weighted by molar-refractivity contribution is -0.0492. The van der Waals surface area contributed by atoms with E-state index in [1.165, 1.54) is 0 Å². The zero-order chi connectivity index (χ0) is 11.5. The second kappa shape index (κ2) is 5.06. The van der Waals surface area contributed by atoms with Crippen molar-refractivity contribution in [1.29, 1.82) is 0 Å². The molecule has 1 nitrogen and oxygen atoms in total. The molecule has 15 heavy (non-hydrogen) atoms. The average Bonchev–Trinajstić information content (AvgIpc) is 2.14. The Morgan fingerprint density at radius 3 is 2.40 bits per heavy atom. The summed E-state index contributed by atoms with van der Waals surface area (Å²) in [7, 11) is 1.90. The molecule has 1 atom stereocenters. The highest BCUT2D eigenvalue weighted by atomic mass is 19.3. The molecule has 1 aliphatic carbocycles. The maximum absolute atomic E-state index is 13.0. The van der Waals surface area contributed by atoms with Crippen LogP contribution in [0.2, 0.25) is 0 Å². The lowest BCUT2D eigenvalue weighted by Gasteiger charge is -2.33. The molecule has 1 N–H and O–H groups in total. The van der Waals surface area contributed by atoms with Crippen LogP contribution in [0.25, 0.3) is 0 Å². The third-order valence-corrected chi connectivity index (χ3v) is 3.27. The van der Waals surface area contributed by atoms with Crippen LogP contribution in [0.4, 0.5) is 8.78 Å². The van der Waals surface area contributed by atoms with E-state index in [0.29, 0.717) is 24.8 Å². The van der Waals surface area contributed by atoms with E-state index >= 15 is 0 Å². The van der Waals surface area contributed by atoms with Gasteiger partial charge in [-0.05, 0) is 39.2 Å². The molecule has 0 aromatic heterocycles. The molecule has 3 heteroatoms. The highest BCUT2D eigenvalue weighted by Gasteiger charge is 2.37. The first-order valence-corrected chi connectivity index (χ1v) is 5.64. The van der Waals surface area contributed by atoms with E-state index in [2.05, 4.69) is 11.9 Å². The van der Waals surface area contributed by atoms with Gasteiger partial charge in [-0.15, -0.1) is 6.58 Å². The highest BCUT2D eigenvalue weighted by molar-refractivity contribution is 4.96. The maximum Gasteiger partial charge on any atom is 0.248 e. The van der Waals surface area contributed by atoms with Crippen LogP contribution >= 0.6 is 0 Å². The molecule has 1 aliphatic rings. The molecular formula is C12H21F2N. The van der Waals surface area contributed by atoms with E-state index < -0.39 is 5.92 Å². The molecule has 1 rings (SSSR count). The second-order valence-electron chi connectivity index (χ2n) is 4.75. The van der Waals surface area contributed by atoms with E-state index in [4.69, 9.17) is 0 Å². The molecule has 0 aliphatic heterocycles. The van der Waals surface area contributed by atoms with Crippen molar-refractivity contribution in [3.63, 3.8) is 0 Å². The Morgan fingerprint density at radius 2 is 2.00 bits per heavy atom. The average molecular weight is 217 g/mol. The summed E-state index contributed by atoms with van der Waals surface area (Å²) >= 11 is 0. The molecule has 0 bridgehead atoms. The summed E-state index contributed by atoms with van der Waals surface area (Å²) in [5, 5.41) is 3.22. The molecule has 1 fully saturated rings. The lowest BCUT2D eigenvalue weighted by Crippen LogP contribution is -2.38. The molecular weight excluding hydrogens is 196 g/mol. The fourth-order valence-electron chi connectivity index (χ4n) is 2.34. The predicted molar refractivity (Wildman–Crippen MR) is 59.2 cm³/mol. The molecule has 0 amide bonds. The summed E-state index contributed by atoms with van der Waals surface area (Å²) in [6.07, 6.45) is 2.25. The van der Waals surface area contributed by atoms with Gasteiger partial charge in [-0.3, -0.25) is 0 Å². The quantitative estimate of drug-likeness (QED) is 0.712. The predicted octanol–water partition coefficient (Wildman–Crippen LogP) is 3.37. The summed E-state index contributed by atoms with van der Waals surface area (Å²) in [5.74, 6) is -2.04. The van der Waals surface area contributed by atoms with E-state index in [1.807, 2.05) is 14.0 Å². The molecule has 0 spiro atoms. The van der Waals surface area contributed by atoms with Gasteiger partial charge in [-0.25, -0.2) is 8.78 Å². The molecule has 0 heterocycles. The van der Waals surface area contributed by atoms with Crippen LogP contribution in [0.3, 0.4) is 0 Å². The van der Waals surface area contributed by atoms with Crippen LogP contribution in [0.5, 0.6) is 0 Å². The molecule has 1 saturated carbocycles. The van der Waals surface area contributed by atoms with Gasteiger partial charge in [0.25, 0.3) is 0 Å². The van der Waals surface area contributed by atoms with Crippen molar-refractivity contribution in [3.8, 4) is 0 Å². The zero-order valence-electron chi connectivity index (χ0n) is 9.65. The summed E-state index contributed by atoms with van der Waals surface area (Å²) in [6, 6.07) is 0.318. The lowest BCUT2D eigenvalue weighted by atomic mass is 9.80. The van der Waals surface area contributed by atoms with Crippen LogP contribution in [-0.2, 0) is 0 Å². The Kier molecular flexibility index (Phi) is 4.26. The van der Waals surface area contributed by atoms with Crippen molar-refractivity contribution in [2.24, 2.45) is 5.92 Å². The molecule has 0 radical (unpaired) electrons. The number of hydrogen-bond acceptors (Lipinski definition) is 1. The molecule has 0 aromatic carbocycles. The Balaban J connectivity index is 2.46. The van der Waals surface area contributed by atoms with E-state index in [-0.39, 0.29) is 12.8 Å². The SMILES string of the molecule is C=C(C)CC(NC)C1CCC(F)(F)CC1. The smallest absolute Gasteiger partial charge is 0.248 e. The van der Waals surface area contributed by atoms with Crippen molar-refractivity contribution < 1.29 is 8.78 Å². The minimum Gasteiger partial charge on any atom is -0.316 e. The van der Waals surface area contributed by atoms with Crippen molar-refractivity contribution in [2.75, 3.05) is 7.05 Å². The monoisotopic (exact) mass is 217 g/mol. The number of alkyl halides is 2.